The van der Waals surface area contributed by atoms with Crippen LogP contribution < -0.4 is 5.32 Å². The monoisotopic (exact) mass is 340 g/mol. The highest BCUT2D eigenvalue weighted by atomic mass is 32.2. The molecular weight excluding hydrogens is 316 g/mol. The van der Waals surface area contributed by atoms with E-state index in [9.17, 15) is 13.2 Å². The largest absolute Gasteiger partial charge is 0.379 e. The molecule has 1 aromatic carbocycles. The number of nitrogens with zero attached hydrogens (tertiary/aromatic N) is 1. The maximum Gasteiger partial charge on any atom is 0.243 e. The summed E-state index contributed by atoms with van der Waals surface area (Å²) in [5, 5.41) is 2.83. The zero-order chi connectivity index (χ0) is 16.9. The molecular formula is C16H24N2O4S. The van der Waals surface area contributed by atoms with Gasteiger partial charge in [-0.15, -0.1) is 0 Å². The zero-order valence-corrected chi connectivity index (χ0v) is 14.4. The first-order valence-corrected chi connectivity index (χ1v) is 9.41. The minimum Gasteiger partial charge on any atom is -0.379 e. The van der Waals surface area contributed by atoms with Crippen molar-refractivity contribution in [2.24, 2.45) is 5.92 Å². The van der Waals surface area contributed by atoms with Crippen molar-refractivity contribution in [3.63, 3.8) is 0 Å². The van der Waals surface area contributed by atoms with Gasteiger partial charge in [-0.25, -0.2) is 8.42 Å². The molecule has 0 aromatic heterocycles. The summed E-state index contributed by atoms with van der Waals surface area (Å²) >= 11 is 0. The number of hydrogen-bond donors (Lipinski definition) is 1. The molecule has 0 atom stereocenters. The van der Waals surface area contributed by atoms with Crippen LogP contribution in [0.3, 0.4) is 0 Å². The first-order valence-electron chi connectivity index (χ1n) is 7.97. The van der Waals surface area contributed by atoms with Crippen LogP contribution in [0.2, 0.25) is 0 Å². The zero-order valence-electron chi connectivity index (χ0n) is 13.6. The summed E-state index contributed by atoms with van der Waals surface area (Å²) in [4.78, 5) is 12.3. The molecule has 1 aliphatic heterocycles. The number of anilines is 1. The number of ether oxygens (including phenoxy) is 1. The Balaban J connectivity index is 2.08. The highest BCUT2D eigenvalue weighted by Crippen LogP contribution is 2.20. The van der Waals surface area contributed by atoms with Crippen molar-refractivity contribution in [3.8, 4) is 0 Å². The molecule has 1 fully saturated rings. The van der Waals surface area contributed by atoms with Crippen molar-refractivity contribution < 1.29 is 17.9 Å². The summed E-state index contributed by atoms with van der Waals surface area (Å²) in [5.41, 5.74) is 0.614. The molecule has 1 aromatic rings. The van der Waals surface area contributed by atoms with E-state index in [-0.39, 0.29) is 16.7 Å². The summed E-state index contributed by atoms with van der Waals surface area (Å²) in [6.07, 6.45) is 1.57. The number of rotatable bonds is 6. The number of morpholine rings is 1. The molecule has 1 aliphatic rings. The van der Waals surface area contributed by atoms with Crippen LogP contribution in [0.4, 0.5) is 5.69 Å². The maximum absolute atomic E-state index is 12.5. The fourth-order valence-electron chi connectivity index (χ4n) is 2.55. The smallest absolute Gasteiger partial charge is 0.243 e. The van der Waals surface area contributed by atoms with Gasteiger partial charge in [-0.05, 0) is 37.1 Å². The van der Waals surface area contributed by atoms with E-state index in [0.717, 1.165) is 12.8 Å². The van der Waals surface area contributed by atoms with Crippen LogP contribution in [0.15, 0.2) is 29.2 Å². The Bertz CT molecular complexity index is 618. The van der Waals surface area contributed by atoms with Crippen LogP contribution in [0.5, 0.6) is 0 Å². The van der Waals surface area contributed by atoms with Gasteiger partial charge < -0.3 is 10.1 Å². The lowest BCUT2D eigenvalue weighted by Crippen LogP contribution is -2.40. The molecule has 23 heavy (non-hydrogen) atoms. The number of nitrogens with one attached hydrogen (secondary N) is 1. The second-order valence-electron chi connectivity index (χ2n) is 5.54. The molecule has 1 saturated heterocycles. The van der Waals surface area contributed by atoms with Crippen LogP contribution >= 0.6 is 0 Å². The van der Waals surface area contributed by atoms with E-state index in [2.05, 4.69) is 5.32 Å². The molecule has 1 N–H and O–H groups in total. The molecule has 1 heterocycles. The summed E-state index contributed by atoms with van der Waals surface area (Å²) in [7, 11) is -3.49. The van der Waals surface area contributed by atoms with Gasteiger partial charge in [0.05, 0.1) is 18.1 Å². The molecule has 0 bridgehead atoms. The predicted molar refractivity (Wildman–Crippen MR) is 88.7 cm³/mol. The Morgan fingerprint density at radius 2 is 1.74 bits per heavy atom. The SMILES string of the molecule is CCC(CC)C(=O)Nc1ccc(S(=O)(=O)N2CCOCC2)cc1. The average Bonchev–Trinajstić information content (AvgIpc) is 2.57. The molecule has 7 heteroatoms. The molecule has 0 radical (unpaired) electrons. The molecule has 0 unspecified atom stereocenters. The number of benzene rings is 1. The first kappa shape index (κ1) is 17.9. The van der Waals surface area contributed by atoms with Crippen LogP contribution in [0, 0.1) is 5.92 Å². The summed E-state index contributed by atoms with van der Waals surface area (Å²) < 4.78 is 31.6. The molecule has 0 aliphatic carbocycles. The van der Waals surface area contributed by atoms with Crippen LogP contribution in [0.1, 0.15) is 26.7 Å². The standard InChI is InChI=1S/C16H24N2O4S/c1-3-13(4-2)16(19)17-14-5-7-15(8-6-14)23(20,21)18-9-11-22-12-10-18/h5-8,13H,3-4,9-12H2,1-2H3,(H,17,19). The molecule has 1 amide bonds. The van der Waals surface area contributed by atoms with Gasteiger partial charge >= 0.3 is 0 Å². The second-order valence-corrected chi connectivity index (χ2v) is 7.48. The summed E-state index contributed by atoms with van der Waals surface area (Å²) in [5.74, 6) is -0.0504. The third-order valence-electron chi connectivity index (χ3n) is 4.09. The molecule has 6 nitrogen and oxygen atoms in total. The van der Waals surface area contributed by atoms with Crippen molar-refractivity contribution in [3.05, 3.63) is 24.3 Å². The van der Waals surface area contributed by atoms with Crippen molar-refractivity contribution in [1.29, 1.82) is 0 Å². The van der Waals surface area contributed by atoms with E-state index in [1.54, 1.807) is 12.1 Å². The van der Waals surface area contributed by atoms with E-state index in [1.807, 2.05) is 13.8 Å². The number of carbonyl (C=O) groups is 1. The Morgan fingerprint density at radius 1 is 1.17 bits per heavy atom. The van der Waals surface area contributed by atoms with E-state index in [1.165, 1.54) is 16.4 Å². The highest BCUT2D eigenvalue weighted by molar-refractivity contribution is 7.89. The van der Waals surface area contributed by atoms with Crippen molar-refractivity contribution in [2.75, 3.05) is 31.6 Å². The Hall–Kier alpha value is -1.44. The van der Waals surface area contributed by atoms with Crippen LogP contribution in [-0.2, 0) is 19.6 Å². The van der Waals surface area contributed by atoms with E-state index in [4.69, 9.17) is 4.74 Å². The lowest BCUT2D eigenvalue weighted by molar-refractivity contribution is -0.120. The van der Waals surface area contributed by atoms with E-state index >= 15 is 0 Å². The van der Waals surface area contributed by atoms with Crippen molar-refractivity contribution in [1.82, 2.24) is 4.31 Å². The summed E-state index contributed by atoms with van der Waals surface area (Å²) in [6.45, 7) is 5.54. The molecule has 0 saturated carbocycles. The lowest BCUT2D eigenvalue weighted by Gasteiger charge is -2.26. The number of carbonyl (C=O) groups excluding carboxylic acids is 1. The second kappa shape index (κ2) is 7.90. The Labute approximate surface area is 137 Å². The van der Waals surface area contributed by atoms with E-state index in [0.29, 0.717) is 32.0 Å². The topological polar surface area (TPSA) is 75.7 Å². The van der Waals surface area contributed by atoms with Gasteiger partial charge in [-0.3, -0.25) is 4.79 Å². The fraction of sp³-hybridized carbons (Fsp3) is 0.562. The Kier molecular flexibility index (Phi) is 6.15. The minimum absolute atomic E-state index is 0.0215. The van der Waals surface area contributed by atoms with Gasteiger partial charge in [0.15, 0.2) is 0 Å². The van der Waals surface area contributed by atoms with Crippen molar-refractivity contribution in [2.45, 2.75) is 31.6 Å². The normalized spacial score (nSPS) is 16.5. The average molecular weight is 340 g/mol. The summed E-state index contributed by atoms with van der Waals surface area (Å²) in [6, 6.07) is 6.34. The Morgan fingerprint density at radius 3 is 2.26 bits per heavy atom. The van der Waals surface area contributed by atoms with Crippen LogP contribution in [0.25, 0.3) is 0 Å². The van der Waals surface area contributed by atoms with Gasteiger partial charge in [0.25, 0.3) is 0 Å². The quantitative estimate of drug-likeness (QED) is 0.860. The molecule has 128 valence electrons. The number of hydrogen-bond acceptors (Lipinski definition) is 4. The number of amides is 1. The maximum atomic E-state index is 12.5. The minimum atomic E-state index is -3.49. The highest BCUT2D eigenvalue weighted by Gasteiger charge is 2.26. The number of sulfonamides is 1. The predicted octanol–water partition coefficient (Wildman–Crippen LogP) is 2.08. The fourth-order valence-corrected chi connectivity index (χ4v) is 3.96. The van der Waals surface area contributed by atoms with Crippen LogP contribution in [-0.4, -0.2) is 44.9 Å². The molecule has 0 spiro atoms. The molecule has 2 rings (SSSR count). The van der Waals surface area contributed by atoms with Gasteiger partial charge in [0, 0.05) is 24.7 Å². The lowest BCUT2D eigenvalue weighted by atomic mass is 10.0. The first-order chi connectivity index (χ1) is 11.0. The third-order valence-corrected chi connectivity index (χ3v) is 6.00. The third kappa shape index (κ3) is 4.31. The van der Waals surface area contributed by atoms with Gasteiger partial charge in [0.2, 0.25) is 15.9 Å². The van der Waals surface area contributed by atoms with E-state index < -0.39 is 10.0 Å². The van der Waals surface area contributed by atoms with Gasteiger partial charge in [0.1, 0.15) is 0 Å². The van der Waals surface area contributed by atoms with Gasteiger partial charge in [-0.1, -0.05) is 13.8 Å². The van der Waals surface area contributed by atoms with Gasteiger partial charge in [-0.2, -0.15) is 4.31 Å². The van der Waals surface area contributed by atoms with Crippen molar-refractivity contribution >= 4 is 21.6 Å².